The standard InChI is InChI=1S/C26H22N2O5S/c1-32-21-11-5-2-8-18(21)27-15-17(14-24(27)29)26(31)33-16-25(30)28-19-9-3-6-12-22(19)34-23-13-7-4-10-20(23)28/h2-13,17H,14-16H2,1H3/t17-/m0/s1. The van der Waals surface area contributed by atoms with Crippen molar-refractivity contribution in [3.63, 3.8) is 0 Å². The Morgan fingerprint density at radius 1 is 0.912 bits per heavy atom. The zero-order valence-electron chi connectivity index (χ0n) is 18.5. The summed E-state index contributed by atoms with van der Waals surface area (Å²) in [5, 5.41) is 0. The van der Waals surface area contributed by atoms with E-state index in [4.69, 9.17) is 9.47 Å². The fourth-order valence-electron chi connectivity index (χ4n) is 4.24. The van der Waals surface area contributed by atoms with Crippen molar-refractivity contribution in [1.82, 2.24) is 0 Å². The fraction of sp³-hybridized carbons (Fsp3) is 0.192. The molecule has 3 aromatic rings. The first kappa shape index (κ1) is 22.0. The lowest BCUT2D eigenvalue weighted by atomic mass is 10.1. The minimum Gasteiger partial charge on any atom is -0.495 e. The Morgan fingerprint density at radius 3 is 2.15 bits per heavy atom. The second kappa shape index (κ2) is 9.23. The van der Waals surface area contributed by atoms with Gasteiger partial charge in [0.2, 0.25) is 5.91 Å². The molecule has 0 bridgehead atoms. The Hall–Kier alpha value is -3.78. The third-order valence-electron chi connectivity index (χ3n) is 5.85. The van der Waals surface area contributed by atoms with Crippen LogP contribution in [0.3, 0.4) is 0 Å². The number of esters is 1. The van der Waals surface area contributed by atoms with E-state index in [1.54, 1.807) is 28.8 Å². The Morgan fingerprint density at radius 2 is 1.50 bits per heavy atom. The van der Waals surface area contributed by atoms with Gasteiger partial charge in [0.25, 0.3) is 5.91 Å². The van der Waals surface area contributed by atoms with Gasteiger partial charge in [-0.15, -0.1) is 0 Å². The number of methoxy groups -OCH3 is 1. The molecule has 1 saturated heterocycles. The molecule has 0 saturated carbocycles. The normalized spacial score (nSPS) is 16.6. The average Bonchev–Trinajstić information content (AvgIpc) is 3.26. The highest BCUT2D eigenvalue weighted by Crippen LogP contribution is 2.47. The van der Waals surface area contributed by atoms with Gasteiger partial charge in [-0.3, -0.25) is 19.3 Å². The van der Waals surface area contributed by atoms with E-state index < -0.39 is 18.5 Å². The van der Waals surface area contributed by atoms with Crippen LogP contribution in [0.2, 0.25) is 0 Å². The molecule has 2 amide bonds. The molecule has 0 radical (unpaired) electrons. The van der Waals surface area contributed by atoms with E-state index in [-0.39, 0.29) is 24.8 Å². The Labute approximate surface area is 201 Å². The number of anilines is 3. The van der Waals surface area contributed by atoms with Crippen molar-refractivity contribution < 1.29 is 23.9 Å². The average molecular weight is 475 g/mol. The number of ether oxygens (including phenoxy) is 2. The van der Waals surface area contributed by atoms with Crippen LogP contribution in [-0.4, -0.2) is 38.0 Å². The van der Waals surface area contributed by atoms with E-state index in [1.807, 2.05) is 60.7 Å². The predicted octanol–water partition coefficient (Wildman–Crippen LogP) is 4.42. The highest BCUT2D eigenvalue weighted by atomic mass is 32.2. The SMILES string of the molecule is COc1ccccc1N1C[C@@H](C(=O)OCC(=O)N2c3ccccc3Sc3ccccc32)CC1=O. The largest absolute Gasteiger partial charge is 0.495 e. The Balaban J connectivity index is 1.29. The third kappa shape index (κ3) is 4.01. The van der Waals surface area contributed by atoms with E-state index >= 15 is 0 Å². The number of para-hydroxylation sites is 4. The number of fused-ring (bicyclic) bond motifs is 2. The molecule has 0 aliphatic carbocycles. The van der Waals surface area contributed by atoms with Crippen LogP contribution in [0.15, 0.2) is 82.6 Å². The molecular weight excluding hydrogens is 452 g/mol. The zero-order valence-corrected chi connectivity index (χ0v) is 19.3. The van der Waals surface area contributed by atoms with Crippen LogP contribution >= 0.6 is 11.8 Å². The molecule has 2 aliphatic heterocycles. The molecule has 34 heavy (non-hydrogen) atoms. The highest BCUT2D eigenvalue weighted by molar-refractivity contribution is 7.99. The van der Waals surface area contributed by atoms with Gasteiger partial charge in [-0.2, -0.15) is 0 Å². The van der Waals surface area contributed by atoms with Crippen LogP contribution in [0, 0.1) is 5.92 Å². The number of hydrogen-bond donors (Lipinski definition) is 0. The van der Waals surface area contributed by atoms with Crippen molar-refractivity contribution in [3.05, 3.63) is 72.8 Å². The van der Waals surface area contributed by atoms with E-state index in [0.29, 0.717) is 11.4 Å². The molecule has 2 aliphatic rings. The number of amides is 2. The van der Waals surface area contributed by atoms with Gasteiger partial charge in [-0.25, -0.2) is 0 Å². The lowest BCUT2D eigenvalue weighted by Crippen LogP contribution is -2.34. The third-order valence-corrected chi connectivity index (χ3v) is 6.98. The maximum atomic E-state index is 13.2. The summed E-state index contributed by atoms with van der Waals surface area (Å²) in [6, 6.07) is 22.4. The number of nitrogens with zero attached hydrogens (tertiary/aromatic N) is 2. The van der Waals surface area contributed by atoms with E-state index in [9.17, 15) is 14.4 Å². The number of benzene rings is 3. The molecule has 0 aromatic heterocycles. The fourth-order valence-corrected chi connectivity index (χ4v) is 5.30. The Bertz CT molecular complexity index is 1230. The van der Waals surface area contributed by atoms with E-state index in [2.05, 4.69) is 0 Å². The molecule has 1 atom stereocenters. The van der Waals surface area contributed by atoms with E-state index in [0.717, 1.165) is 21.2 Å². The summed E-state index contributed by atoms with van der Waals surface area (Å²) in [4.78, 5) is 43.6. The van der Waals surface area contributed by atoms with Crippen molar-refractivity contribution in [1.29, 1.82) is 0 Å². The van der Waals surface area contributed by atoms with Crippen LogP contribution < -0.4 is 14.5 Å². The van der Waals surface area contributed by atoms with Gasteiger partial charge in [0.05, 0.1) is 30.1 Å². The van der Waals surface area contributed by atoms with Crippen LogP contribution in [0.4, 0.5) is 17.1 Å². The van der Waals surface area contributed by atoms with Crippen molar-refractivity contribution in [2.75, 3.05) is 30.1 Å². The first-order chi connectivity index (χ1) is 16.6. The molecule has 1 fully saturated rings. The molecule has 0 N–H and O–H groups in total. The van der Waals surface area contributed by atoms with Crippen molar-refractivity contribution in [2.24, 2.45) is 5.92 Å². The van der Waals surface area contributed by atoms with Gasteiger partial charge in [0.15, 0.2) is 6.61 Å². The second-order valence-corrected chi connectivity index (χ2v) is 9.04. The second-order valence-electron chi connectivity index (χ2n) is 7.95. The minimum absolute atomic E-state index is 0.0249. The van der Waals surface area contributed by atoms with Crippen molar-refractivity contribution in [2.45, 2.75) is 16.2 Å². The summed E-state index contributed by atoms with van der Waals surface area (Å²) >= 11 is 1.59. The van der Waals surface area contributed by atoms with E-state index in [1.165, 1.54) is 12.0 Å². The Kier molecular flexibility index (Phi) is 5.98. The first-order valence-corrected chi connectivity index (χ1v) is 11.7. The van der Waals surface area contributed by atoms with Crippen molar-refractivity contribution in [3.8, 4) is 5.75 Å². The summed E-state index contributed by atoms with van der Waals surface area (Å²) in [5.41, 5.74) is 2.12. The maximum absolute atomic E-state index is 13.2. The molecule has 172 valence electrons. The molecule has 7 nitrogen and oxygen atoms in total. The lowest BCUT2D eigenvalue weighted by Gasteiger charge is -2.30. The smallest absolute Gasteiger partial charge is 0.311 e. The monoisotopic (exact) mass is 474 g/mol. The van der Waals surface area contributed by atoms with Crippen LogP contribution in [0.1, 0.15) is 6.42 Å². The van der Waals surface area contributed by atoms with Gasteiger partial charge in [-0.05, 0) is 36.4 Å². The number of carbonyl (C=O) groups excluding carboxylic acids is 3. The lowest BCUT2D eigenvalue weighted by molar-refractivity contribution is -0.151. The van der Waals surface area contributed by atoms with Gasteiger partial charge in [0, 0.05) is 22.8 Å². The zero-order chi connectivity index (χ0) is 23.7. The summed E-state index contributed by atoms with van der Waals surface area (Å²) in [6.45, 7) is -0.232. The summed E-state index contributed by atoms with van der Waals surface area (Å²) in [5.74, 6) is -1.19. The molecule has 0 spiro atoms. The molecule has 3 aromatic carbocycles. The van der Waals surface area contributed by atoms with Gasteiger partial charge >= 0.3 is 5.97 Å². The number of carbonyl (C=O) groups is 3. The van der Waals surface area contributed by atoms with Crippen LogP contribution in [0.25, 0.3) is 0 Å². The topological polar surface area (TPSA) is 76.2 Å². The summed E-state index contributed by atoms with van der Waals surface area (Å²) in [7, 11) is 1.53. The van der Waals surface area contributed by atoms with Gasteiger partial charge < -0.3 is 14.4 Å². The quantitative estimate of drug-likeness (QED) is 0.510. The van der Waals surface area contributed by atoms with Crippen LogP contribution in [0.5, 0.6) is 5.75 Å². The predicted molar refractivity (Wildman–Crippen MR) is 129 cm³/mol. The minimum atomic E-state index is -0.651. The first-order valence-electron chi connectivity index (χ1n) is 10.9. The molecule has 0 unspecified atom stereocenters. The molecule has 2 heterocycles. The highest BCUT2D eigenvalue weighted by Gasteiger charge is 2.38. The number of rotatable bonds is 5. The van der Waals surface area contributed by atoms with Crippen LogP contribution in [-0.2, 0) is 19.1 Å². The number of hydrogen-bond acceptors (Lipinski definition) is 6. The van der Waals surface area contributed by atoms with Gasteiger partial charge in [0.1, 0.15) is 5.75 Å². The molecule has 8 heteroatoms. The van der Waals surface area contributed by atoms with Gasteiger partial charge in [-0.1, -0.05) is 48.2 Å². The summed E-state index contributed by atoms with van der Waals surface area (Å²) in [6.07, 6.45) is 0.0249. The molecule has 5 rings (SSSR count). The maximum Gasteiger partial charge on any atom is 0.311 e. The molecular formula is C26H22N2O5S. The van der Waals surface area contributed by atoms with Crippen molar-refractivity contribution >= 4 is 46.6 Å². The summed E-state index contributed by atoms with van der Waals surface area (Å²) < 4.78 is 10.8.